The van der Waals surface area contributed by atoms with E-state index in [1.165, 1.54) is 40.2 Å². The van der Waals surface area contributed by atoms with Crippen LogP contribution in [-0.4, -0.2) is 40.3 Å². The van der Waals surface area contributed by atoms with Gasteiger partial charge in [-0.05, 0) is 42.5 Å². The largest absolute Gasteiger partial charge is 0.371 e. The summed E-state index contributed by atoms with van der Waals surface area (Å²) in [5, 5.41) is 11.0. The highest BCUT2D eigenvalue weighted by Crippen LogP contribution is 2.34. The predicted molar refractivity (Wildman–Crippen MR) is 108 cm³/mol. The summed E-state index contributed by atoms with van der Waals surface area (Å²) in [7, 11) is 0. The molecule has 1 aliphatic heterocycles. The van der Waals surface area contributed by atoms with Crippen molar-refractivity contribution in [1.82, 2.24) is 9.88 Å². The topological polar surface area (TPSA) is 56.7 Å². The molecule has 0 aliphatic carbocycles. The summed E-state index contributed by atoms with van der Waals surface area (Å²) in [4.78, 5) is 20.6. The third-order valence-electron chi connectivity index (χ3n) is 5.11. The average molecular weight is 376 g/mol. The number of hydrogen-bond donors (Lipinski definition) is 1. The van der Waals surface area contributed by atoms with Crippen LogP contribution in [0.5, 0.6) is 0 Å². The molecule has 0 saturated carbocycles. The number of carbonyl (C=O) groups is 1. The molecule has 2 heterocycles. The molecule has 2 amide bonds. The molecule has 1 unspecified atom stereocenters. The Balaban J connectivity index is 1.80. The maximum atomic E-state index is 12.8. The molecule has 1 aromatic carbocycles. The molecule has 0 spiro atoms. The summed E-state index contributed by atoms with van der Waals surface area (Å²) >= 11 is 1.49. The van der Waals surface area contributed by atoms with E-state index in [0.717, 1.165) is 35.9 Å². The molecule has 2 aromatic rings. The lowest BCUT2D eigenvalue weighted by Gasteiger charge is -2.16. The number of aliphatic hydroxyl groups is 1. The van der Waals surface area contributed by atoms with Crippen LogP contribution in [0.4, 0.5) is 9.93 Å². The number of β-amino-alcohol motifs (C(OH)–C–C–N with tert-alkyl or cyclic N) is 1. The van der Waals surface area contributed by atoms with Gasteiger partial charge in [0.05, 0.1) is 16.8 Å². The smallest absolute Gasteiger partial charge is 0.328 e. The zero-order valence-corrected chi connectivity index (χ0v) is 16.8. The van der Waals surface area contributed by atoms with Gasteiger partial charge in [0.1, 0.15) is 0 Å². The van der Waals surface area contributed by atoms with Crippen LogP contribution in [0, 0.1) is 0 Å². The van der Waals surface area contributed by atoms with E-state index < -0.39 is 6.23 Å². The van der Waals surface area contributed by atoms with Crippen LogP contribution in [0.25, 0.3) is 10.2 Å². The summed E-state index contributed by atoms with van der Waals surface area (Å²) in [5.74, 6) is 0. The Bertz CT molecular complexity index is 733. The Labute approximate surface area is 159 Å². The first kappa shape index (κ1) is 19.1. The van der Waals surface area contributed by atoms with E-state index in [1.807, 2.05) is 0 Å². The highest BCUT2D eigenvalue weighted by Gasteiger charge is 2.38. The first-order valence-corrected chi connectivity index (χ1v) is 10.6. The van der Waals surface area contributed by atoms with Gasteiger partial charge in [-0.2, -0.15) is 0 Å². The van der Waals surface area contributed by atoms with Crippen molar-refractivity contribution in [2.24, 2.45) is 0 Å². The highest BCUT2D eigenvalue weighted by molar-refractivity contribution is 7.22. The van der Waals surface area contributed by atoms with Gasteiger partial charge < -0.3 is 10.0 Å². The van der Waals surface area contributed by atoms with Crippen molar-refractivity contribution in [3.63, 3.8) is 0 Å². The Kier molecular flexibility index (Phi) is 6.14. The fraction of sp³-hybridized carbons (Fsp3) is 0.600. The minimum Gasteiger partial charge on any atom is -0.371 e. The molecule has 5 nitrogen and oxygen atoms in total. The van der Waals surface area contributed by atoms with Crippen molar-refractivity contribution >= 4 is 32.7 Å². The molecule has 3 rings (SSSR count). The Morgan fingerprint density at radius 3 is 2.58 bits per heavy atom. The van der Waals surface area contributed by atoms with Gasteiger partial charge in [0, 0.05) is 6.54 Å². The second-order valence-electron chi connectivity index (χ2n) is 6.93. The maximum absolute atomic E-state index is 12.8. The fourth-order valence-electron chi connectivity index (χ4n) is 3.57. The summed E-state index contributed by atoms with van der Waals surface area (Å²) in [6.07, 6.45) is 5.62. The van der Waals surface area contributed by atoms with Gasteiger partial charge in [-0.15, -0.1) is 0 Å². The third kappa shape index (κ3) is 3.71. The summed E-state index contributed by atoms with van der Waals surface area (Å²) in [6, 6.07) is 4.19. The van der Waals surface area contributed by atoms with Crippen LogP contribution < -0.4 is 4.90 Å². The van der Waals surface area contributed by atoms with E-state index >= 15 is 0 Å². The maximum Gasteiger partial charge on any atom is 0.328 e. The zero-order chi connectivity index (χ0) is 18.7. The molecule has 1 fully saturated rings. The molecule has 26 heavy (non-hydrogen) atoms. The van der Waals surface area contributed by atoms with Crippen LogP contribution in [-0.2, 0) is 12.8 Å². The zero-order valence-electron chi connectivity index (χ0n) is 16.0. The molecule has 1 aliphatic rings. The summed E-state index contributed by atoms with van der Waals surface area (Å²) in [6.45, 7) is 7.55. The second-order valence-corrected chi connectivity index (χ2v) is 7.94. The number of carbonyl (C=O) groups excluding carboxylic acids is 1. The number of anilines is 1. The molecular formula is C20H29N3O2S. The molecule has 1 N–H and O–H groups in total. The second kappa shape index (κ2) is 8.35. The van der Waals surface area contributed by atoms with Crippen LogP contribution in [0.1, 0.15) is 57.6 Å². The molecule has 0 bridgehead atoms. The van der Waals surface area contributed by atoms with Gasteiger partial charge in [0.2, 0.25) is 0 Å². The summed E-state index contributed by atoms with van der Waals surface area (Å²) < 4.78 is 1.08. The number of nitrogens with zero attached hydrogens (tertiary/aromatic N) is 3. The molecule has 1 saturated heterocycles. The quantitative estimate of drug-likeness (QED) is 0.688. The van der Waals surface area contributed by atoms with E-state index in [2.05, 4.69) is 37.9 Å². The Morgan fingerprint density at radius 2 is 1.88 bits per heavy atom. The minimum atomic E-state index is -0.814. The standard InChI is InChI=1S/C20H29N3O2S/c1-4-7-8-9-10-22-13-18(24)23(20(22)25)19-21-16-11-14(5-2)15(6-3)12-17(16)26-19/h11-12,18,24H,4-10,13H2,1-3H3. The molecular weight excluding hydrogens is 346 g/mol. The van der Waals surface area contributed by atoms with Crippen LogP contribution in [0.2, 0.25) is 0 Å². The molecule has 142 valence electrons. The number of hydrogen-bond acceptors (Lipinski definition) is 4. The van der Waals surface area contributed by atoms with Crippen molar-refractivity contribution in [2.75, 3.05) is 18.0 Å². The van der Waals surface area contributed by atoms with Crippen molar-refractivity contribution in [3.8, 4) is 0 Å². The van der Waals surface area contributed by atoms with Crippen molar-refractivity contribution in [1.29, 1.82) is 0 Å². The number of rotatable bonds is 8. The van der Waals surface area contributed by atoms with Crippen LogP contribution in [0.3, 0.4) is 0 Å². The number of benzene rings is 1. The van der Waals surface area contributed by atoms with Gasteiger partial charge in [-0.3, -0.25) is 0 Å². The third-order valence-corrected chi connectivity index (χ3v) is 6.12. The average Bonchev–Trinajstić information content (AvgIpc) is 3.16. The first-order chi connectivity index (χ1) is 12.6. The number of unbranched alkanes of at least 4 members (excludes halogenated alkanes) is 3. The number of aromatic nitrogens is 1. The van der Waals surface area contributed by atoms with Crippen molar-refractivity contribution in [2.45, 2.75) is 65.5 Å². The first-order valence-electron chi connectivity index (χ1n) is 9.77. The Morgan fingerprint density at radius 1 is 1.15 bits per heavy atom. The lowest BCUT2D eigenvalue weighted by atomic mass is 10.0. The number of thiazole rings is 1. The normalized spacial score (nSPS) is 17.7. The van der Waals surface area contributed by atoms with Gasteiger partial charge >= 0.3 is 6.03 Å². The lowest BCUT2D eigenvalue weighted by molar-refractivity contribution is 0.176. The SMILES string of the molecule is CCCCCCN1CC(O)N(c2nc3cc(CC)c(CC)cc3s2)C1=O. The molecule has 0 radical (unpaired) electrons. The predicted octanol–water partition coefficient (Wildman–Crippen LogP) is 4.56. The molecule has 6 heteroatoms. The number of urea groups is 1. The molecule has 1 atom stereocenters. The van der Waals surface area contributed by atoms with Crippen LogP contribution in [0.15, 0.2) is 12.1 Å². The van der Waals surface area contributed by atoms with E-state index in [0.29, 0.717) is 18.2 Å². The fourth-order valence-corrected chi connectivity index (χ4v) is 4.62. The van der Waals surface area contributed by atoms with Crippen molar-refractivity contribution < 1.29 is 9.90 Å². The van der Waals surface area contributed by atoms with E-state index in [-0.39, 0.29) is 6.03 Å². The lowest BCUT2D eigenvalue weighted by Crippen LogP contribution is -2.35. The van der Waals surface area contributed by atoms with E-state index in [9.17, 15) is 9.90 Å². The van der Waals surface area contributed by atoms with Gasteiger partial charge in [0.25, 0.3) is 0 Å². The number of fused-ring (bicyclic) bond motifs is 1. The van der Waals surface area contributed by atoms with Crippen LogP contribution >= 0.6 is 11.3 Å². The number of aliphatic hydroxyl groups excluding tert-OH is 1. The number of amides is 2. The minimum absolute atomic E-state index is 0.125. The molecule has 1 aromatic heterocycles. The highest BCUT2D eigenvalue weighted by atomic mass is 32.1. The van der Waals surface area contributed by atoms with Crippen molar-refractivity contribution in [3.05, 3.63) is 23.3 Å². The van der Waals surface area contributed by atoms with Gasteiger partial charge in [0.15, 0.2) is 11.4 Å². The Hall–Kier alpha value is -1.66. The van der Waals surface area contributed by atoms with E-state index in [1.54, 1.807) is 4.90 Å². The monoisotopic (exact) mass is 375 g/mol. The van der Waals surface area contributed by atoms with E-state index in [4.69, 9.17) is 0 Å². The van der Waals surface area contributed by atoms with Gasteiger partial charge in [-0.1, -0.05) is 51.4 Å². The number of aryl methyl sites for hydroxylation is 2. The summed E-state index contributed by atoms with van der Waals surface area (Å²) in [5.41, 5.74) is 3.56. The van der Waals surface area contributed by atoms with Gasteiger partial charge in [-0.25, -0.2) is 14.7 Å².